The zero-order valence-corrected chi connectivity index (χ0v) is 14.3. The highest BCUT2D eigenvalue weighted by Gasteiger charge is 2.08. The number of aryl methyl sites for hydroxylation is 2. The number of hydrogen-bond acceptors (Lipinski definition) is 4. The number of anilines is 1. The van der Waals surface area contributed by atoms with Gasteiger partial charge in [-0.25, -0.2) is 4.79 Å². The molecule has 1 aromatic heterocycles. The van der Waals surface area contributed by atoms with Gasteiger partial charge in [0, 0.05) is 39.7 Å². The third kappa shape index (κ3) is 4.92. The van der Waals surface area contributed by atoms with Gasteiger partial charge in [0.15, 0.2) is 0 Å². The summed E-state index contributed by atoms with van der Waals surface area (Å²) in [6.07, 6.45) is 3.22. The van der Waals surface area contributed by atoms with Crippen LogP contribution < -0.4 is 10.6 Å². The first kappa shape index (κ1) is 17.2. The minimum absolute atomic E-state index is 0.275. The van der Waals surface area contributed by atoms with Crippen molar-refractivity contribution in [2.24, 2.45) is 0 Å². The predicted molar refractivity (Wildman–Crippen MR) is 90.1 cm³/mol. The Kier molecular flexibility index (Phi) is 5.92. The maximum absolute atomic E-state index is 11.9. The van der Waals surface area contributed by atoms with Gasteiger partial charge in [-0.2, -0.15) is 0 Å². The van der Waals surface area contributed by atoms with Crippen LogP contribution in [0.5, 0.6) is 0 Å². The Morgan fingerprint density at radius 2 is 2.13 bits per heavy atom. The molecule has 2 amide bonds. The summed E-state index contributed by atoms with van der Waals surface area (Å²) < 4.78 is 16.5. The molecule has 0 aliphatic heterocycles. The first-order chi connectivity index (χ1) is 11.0. The van der Waals surface area contributed by atoms with Gasteiger partial charge in [0.25, 0.3) is 0 Å². The molecule has 0 aliphatic rings. The summed E-state index contributed by atoms with van der Waals surface area (Å²) in [5.74, 6) is 0.830. The molecule has 2 aromatic rings. The number of hydrogen-bond donors (Lipinski definition) is 2. The van der Waals surface area contributed by atoms with Crippen LogP contribution in [-0.2, 0) is 17.2 Å². The average molecular weight is 335 g/mol. The molecule has 1 heterocycles. The number of benzene rings is 1. The molecule has 1 atom stereocenters. The van der Waals surface area contributed by atoms with E-state index in [1.165, 1.54) is 0 Å². The van der Waals surface area contributed by atoms with Gasteiger partial charge in [0.05, 0.1) is 5.69 Å². The van der Waals surface area contributed by atoms with E-state index in [9.17, 15) is 9.00 Å². The lowest BCUT2D eigenvalue weighted by atomic mass is 10.1. The van der Waals surface area contributed by atoms with E-state index in [1.807, 2.05) is 13.8 Å². The van der Waals surface area contributed by atoms with Crippen molar-refractivity contribution in [1.82, 2.24) is 10.5 Å². The fourth-order valence-corrected chi connectivity index (χ4v) is 2.82. The number of carbonyl (C=O) groups is 1. The topological polar surface area (TPSA) is 84.2 Å². The van der Waals surface area contributed by atoms with E-state index in [1.54, 1.807) is 30.5 Å². The quantitative estimate of drug-likeness (QED) is 0.795. The van der Waals surface area contributed by atoms with Crippen LogP contribution in [0.25, 0.3) is 0 Å². The molecule has 0 fully saturated rings. The summed E-state index contributed by atoms with van der Waals surface area (Å²) in [6.45, 7) is 4.35. The number of rotatable bonds is 6. The second-order valence-electron chi connectivity index (χ2n) is 5.27. The van der Waals surface area contributed by atoms with Crippen LogP contribution in [0.15, 0.2) is 33.7 Å². The van der Waals surface area contributed by atoms with Gasteiger partial charge in [0.1, 0.15) is 5.76 Å². The van der Waals surface area contributed by atoms with Crippen LogP contribution in [0.3, 0.4) is 0 Å². The summed E-state index contributed by atoms with van der Waals surface area (Å²) in [5.41, 5.74) is 2.63. The molecule has 0 aliphatic carbocycles. The monoisotopic (exact) mass is 335 g/mol. The van der Waals surface area contributed by atoms with Gasteiger partial charge in [-0.3, -0.25) is 4.21 Å². The fourth-order valence-electron chi connectivity index (χ4n) is 2.25. The van der Waals surface area contributed by atoms with Crippen LogP contribution in [-0.4, -0.2) is 28.2 Å². The first-order valence-electron chi connectivity index (χ1n) is 7.37. The average Bonchev–Trinajstić information content (AvgIpc) is 2.83. The third-order valence-electron chi connectivity index (χ3n) is 3.49. The van der Waals surface area contributed by atoms with Gasteiger partial charge in [-0.1, -0.05) is 11.2 Å². The summed E-state index contributed by atoms with van der Waals surface area (Å²) in [4.78, 5) is 12.5. The smallest absolute Gasteiger partial charge is 0.319 e. The lowest BCUT2D eigenvalue weighted by Crippen LogP contribution is -2.29. The second kappa shape index (κ2) is 7.92. The Morgan fingerprint density at radius 1 is 1.35 bits per heavy atom. The largest absolute Gasteiger partial charge is 0.361 e. The Hall–Kier alpha value is -2.15. The van der Waals surface area contributed by atoms with E-state index in [0.717, 1.165) is 29.9 Å². The number of nitrogens with zero attached hydrogens (tertiary/aromatic N) is 1. The Bertz CT molecular complexity index is 693. The van der Waals surface area contributed by atoms with E-state index < -0.39 is 10.8 Å². The molecule has 0 bridgehead atoms. The van der Waals surface area contributed by atoms with Crippen LogP contribution in [0.4, 0.5) is 10.5 Å². The van der Waals surface area contributed by atoms with E-state index >= 15 is 0 Å². The van der Waals surface area contributed by atoms with Crippen LogP contribution in [0, 0.1) is 13.8 Å². The third-order valence-corrected chi connectivity index (χ3v) is 4.41. The molecule has 0 unspecified atom stereocenters. The summed E-state index contributed by atoms with van der Waals surface area (Å²) in [7, 11) is -1.07. The van der Waals surface area contributed by atoms with Gasteiger partial charge >= 0.3 is 6.03 Å². The molecule has 124 valence electrons. The minimum atomic E-state index is -1.07. The molecular formula is C16H21N3O3S. The van der Waals surface area contributed by atoms with Crippen molar-refractivity contribution >= 4 is 22.5 Å². The molecule has 0 saturated carbocycles. The van der Waals surface area contributed by atoms with Crippen LogP contribution in [0.2, 0.25) is 0 Å². The number of aromatic nitrogens is 1. The van der Waals surface area contributed by atoms with E-state index in [-0.39, 0.29) is 6.03 Å². The Morgan fingerprint density at radius 3 is 2.78 bits per heavy atom. The molecule has 2 N–H and O–H groups in total. The van der Waals surface area contributed by atoms with Crippen molar-refractivity contribution in [2.75, 3.05) is 18.1 Å². The van der Waals surface area contributed by atoms with Crippen molar-refractivity contribution < 1.29 is 13.5 Å². The zero-order chi connectivity index (χ0) is 16.8. The normalized spacial score (nSPS) is 12.0. The van der Waals surface area contributed by atoms with E-state index in [4.69, 9.17) is 4.52 Å². The number of amides is 2. The summed E-state index contributed by atoms with van der Waals surface area (Å²) in [6, 6.07) is 6.73. The SMILES string of the molecule is Cc1noc(C)c1CCCNC(=O)Nc1cccc([S@@](C)=O)c1. The number of carbonyl (C=O) groups excluding carboxylic acids is 1. The van der Waals surface area contributed by atoms with Crippen LogP contribution in [0.1, 0.15) is 23.4 Å². The maximum Gasteiger partial charge on any atom is 0.319 e. The maximum atomic E-state index is 11.9. The lowest BCUT2D eigenvalue weighted by Gasteiger charge is -2.08. The molecule has 0 saturated heterocycles. The highest BCUT2D eigenvalue weighted by molar-refractivity contribution is 7.84. The highest BCUT2D eigenvalue weighted by atomic mass is 32.2. The first-order valence-corrected chi connectivity index (χ1v) is 8.93. The van der Waals surface area contributed by atoms with Crippen LogP contribution >= 0.6 is 0 Å². The van der Waals surface area contributed by atoms with Gasteiger partial charge in [-0.05, 0) is 44.9 Å². The molecule has 23 heavy (non-hydrogen) atoms. The van der Waals surface area contributed by atoms with Crippen molar-refractivity contribution in [1.29, 1.82) is 0 Å². The Balaban J connectivity index is 1.77. The summed E-state index contributed by atoms with van der Waals surface area (Å²) in [5, 5.41) is 9.45. The lowest BCUT2D eigenvalue weighted by molar-refractivity contribution is 0.252. The minimum Gasteiger partial charge on any atom is -0.361 e. The predicted octanol–water partition coefficient (Wildman–Crippen LogP) is 2.78. The van der Waals surface area contributed by atoms with Gasteiger partial charge < -0.3 is 15.2 Å². The van der Waals surface area contributed by atoms with E-state index in [2.05, 4.69) is 15.8 Å². The highest BCUT2D eigenvalue weighted by Crippen LogP contribution is 2.14. The molecule has 6 nitrogen and oxygen atoms in total. The second-order valence-corrected chi connectivity index (χ2v) is 6.65. The van der Waals surface area contributed by atoms with E-state index in [0.29, 0.717) is 17.1 Å². The fraction of sp³-hybridized carbons (Fsp3) is 0.375. The van der Waals surface area contributed by atoms with Crippen molar-refractivity contribution in [3.05, 3.63) is 41.3 Å². The molecule has 0 radical (unpaired) electrons. The number of nitrogens with one attached hydrogen (secondary N) is 2. The zero-order valence-electron chi connectivity index (χ0n) is 13.5. The molecule has 7 heteroatoms. The standard InChI is InChI=1S/C16H21N3O3S/c1-11-15(12(2)22-19-11)8-5-9-17-16(20)18-13-6-4-7-14(10-13)23(3)21/h4,6-7,10H,5,8-9H2,1-3H3,(H2,17,18,20)/t23-/m1/s1. The molecule has 1 aromatic carbocycles. The van der Waals surface area contributed by atoms with Crippen molar-refractivity contribution in [3.63, 3.8) is 0 Å². The summed E-state index contributed by atoms with van der Waals surface area (Å²) >= 11 is 0. The molecule has 2 rings (SSSR count). The van der Waals surface area contributed by atoms with Crippen molar-refractivity contribution in [3.8, 4) is 0 Å². The van der Waals surface area contributed by atoms with Gasteiger partial charge in [-0.15, -0.1) is 0 Å². The van der Waals surface area contributed by atoms with Crippen molar-refractivity contribution in [2.45, 2.75) is 31.6 Å². The molecule has 0 spiro atoms. The molecular weight excluding hydrogens is 314 g/mol. The van der Waals surface area contributed by atoms with Gasteiger partial charge in [0.2, 0.25) is 0 Å². The Labute approximate surface area is 138 Å². The number of urea groups is 1.